The highest BCUT2D eigenvalue weighted by atomic mass is 79.9. The van der Waals surface area contributed by atoms with E-state index < -0.39 is 0 Å². The van der Waals surface area contributed by atoms with E-state index in [2.05, 4.69) is 37.8 Å². The van der Waals surface area contributed by atoms with Crippen molar-refractivity contribution in [2.24, 2.45) is 0 Å². The highest BCUT2D eigenvalue weighted by Gasteiger charge is 2.12. The smallest absolute Gasteiger partial charge is 0.212 e. The topological polar surface area (TPSA) is 47.9 Å². The summed E-state index contributed by atoms with van der Waals surface area (Å²) >= 11 is 9.54. The summed E-state index contributed by atoms with van der Waals surface area (Å²) in [4.78, 5) is 12.9. The predicted octanol–water partition coefficient (Wildman–Crippen LogP) is 3.92. The molecular weight excluding hydrogens is 330 g/mol. The van der Waals surface area contributed by atoms with Crippen molar-refractivity contribution in [3.05, 3.63) is 33.6 Å². The third-order valence-corrected chi connectivity index (χ3v) is 3.90. The molecule has 100 valence electrons. The number of pyridine rings is 1. The number of aromatic nitrogens is 3. The number of aryl methyl sites for hydroxylation is 1. The maximum Gasteiger partial charge on any atom is 0.212 e. The van der Waals surface area contributed by atoms with Crippen LogP contribution in [0.25, 0.3) is 11.4 Å². The van der Waals surface area contributed by atoms with Crippen LogP contribution >= 0.6 is 27.5 Å². The lowest BCUT2D eigenvalue weighted by molar-refractivity contribution is 0.398. The molecule has 2 heterocycles. The summed E-state index contributed by atoms with van der Waals surface area (Å²) < 4.78 is 5.79. The highest BCUT2D eigenvalue weighted by Crippen LogP contribution is 2.27. The van der Waals surface area contributed by atoms with Crippen LogP contribution in [0.1, 0.15) is 19.0 Å². The summed E-state index contributed by atoms with van der Waals surface area (Å²) in [6.07, 6.45) is 3.51. The van der Waals surface area contributed by atoms with E-state index in [1.165, 1.54) is 0 Å². The Morgan fingerprint density at radius 2 is 2.11 bits per heavy atom. The second kappa shape index (κ2) is 6.30. The summed E-state index contributed by atoms with van der Waals surface area (Å²) in [5.74, 6) is 1.13. The molecule has 2 aromatic rings. The molecule has 0 radical (unpaired) electrons. The van der Waals surface area contributed by atoms with E-state index in [0.717, 1.165) is 28.6 Å². The van der Waals surface area contributed by atoms with Crippen molar-refractivity contribution in [1.29, 1.82) is 0 Å². The van der Waals surface area contributed by atoms with Crippen molar-refractivity contribution in [3.63, 3.8) is 0 Å². The average molecular weight is 343 g/mol. The van der Waals surface area contributed by atoms with Crippen molar-refractivity contribution in [3.8, 4) is 17.3 Å². The van der Waals surface area contributed by atoms with E-state index in [9.17, 15) is 0 Å². The fraction of sp³-hybridized carbons (Fsp3) is 0.308. The molecule has 4 nitrogen and oxygen atoms in total. The number of methoxy groups -OCH3 is 1. The molecule has 0 atom stereocenters. The van der Waals surface area contributed by atoms with Crippen molar-refractivity contribution in [2.45, 2.75) is 19.8 Å². The van der Waals surface area contributed by atoms with Gasteiger partial charge in [0.2, 0.25) is 5.88 Å². The third-order valence-electron chi connectivity index (χ3n) is 2.57. The van der Waals surface area contributed by atoms with E-state index in [0.29, 0.717) is 16.9 Å². The summed E-state index contributed by atoms with van der Waals surface area (Å²) in [7, 11) is 1.58. The average Bonchev–Trinajstić information content (AvgIpc) is 2.44. The van der Waals surface area contributed by atoms with Crippen molar-refractivity contribution >= 4 is 27.5 Å². The van der Waals surface area contributed by atoms with Gasteiger partial charge in [0.25, 0.3) is 0 Å². The van der Waals surface area contributed by atoms with E-state index in [1.807, 2.05) is 6.07 Å². The Bertz CT molecular complexity index is 575. The molecule has 0 unspecified atom stereocenters. The standard InChI is InChI=1S/C13H13BrClN3O/c1-3-4-9-11(14)12(15)18-13(17-9)8-5-6-10(19-2)16-7-8/h5-7H,3-4H2,1-2H3. The first-order chi connectivity index (χ1) is 9.15. The molecule has 2 aromatic heterocycles. The van der Waals surface area contributed by atoms with Crippen LogP contribution in [0.3, 0.4) is 0 Å². The van der Waals surface area contributed by atoms with E-state index in [1.54, 1.807) is 19.4 Å². The highest BCUT2D eigenvalue weighted by molar-refractivity contribution is 9.10. The Morgan fingerprint density at radius 3 is 2.68 bits per heavy atom. The van der Waals surface area contributed by atoms with Crippen LogP contribution in [-0.4, -0.2) is 22.1 Å². The van der Waals surface area contributed by atoms with Crippen LogP contribution in [0.4, 0.5) is 0 Å². The van der Waals surface area contributed by atoms with Gasteiger partial charge in [0.15, 0.2) is 5.82 Å². The Morgan fingerprint density at radius 1 is 1.32 bits per heavy atom. The van der Waals surface area contributed by atoms with Crippen LogP contribution in [0.15, 0.2) is 22.8 Å². The van der Waals surface area contributed by atoms with Gasteiger partial charge in [-0.25, -0.2) is 15.0 Å². The fourth-order valence-corrected chi connectivity index (χ4v) is 2.19. The second-order valence-corrected chi connectivity index (χ2v) is 5.09. The van der Waals surface area contributed by atoms with Gasteiger partial charge in [0.1, 0.15) is 5.15 Å². The molecule has 0 N–H and O–H groups in total. The van der Waals surface area contributed by atoms with Crippen molar-refractivity contribution < 1.29 is 4.74 Å². The summed E-state index contributed by atoms with van der Waals surface area (Å²) in [6, 6.07) is 3.63. The first kappa shape index (κ1) is 14.2. The van der Waals surface area contributed by atoms with Crippen molar-refractivity contribution in [2.75, 3.05) is 7.11 Å². The molecular formula is C13H13BrClN3O. The van der Waals surface area contributed by atoms with Crippen LogP contribution in [0, 0.1) is 0 Å². The minimum absolute atomic E-state index is 0.421. The zero-order chi connectivity index (χ0) is 13.8. The molecule has 0 aliphatic heterocycles. The molecule has 0 saturated heterocycles. The number of ether oxygens (including phenoxy) is 1. The maximum atomic E-state index is 6.12. The summed E-state index contributed by atoms with van der Waals surface area (Å²) in [6.45, 7) is 2.09. The molecule has 0 bridgehead atoms. The maximum absolute atomic E-state index is 6.12. The number of rotatable bonds is 4. The molecule has 19 heavy (non-hydrogen) atoms. The molecule has 0 fully saturated rings. The monoisotopic (exact) mass is 341 g/mol. The molecule has 6 heteroatoms. The summed E-state index contributed by atoms with van der Waals surface area (Å²) in [5, 5.41) is 0.421. The van der Waals surface area contributed by atoms with Gasteiger partial charge in [-0.05, 0) is 28.4 Å². The molecule has 0 aliphatic rings. The molecule has 2 rings (SSSR count). The predicted molar refractivity (Wildman–Crippen MR) is 78.5 cm³/mol. The molecule has 0 spiro atoms. The minimum Gasteiger partial charge on any atom is -0.481 e. The lowest BCUT2D eigenvalue weighted by atomic mass is 10.2. The number of nitrogens with zero attached hydrogens (tertiary/aromatic N) is 3. The first-order valence-electron chi connectivity index (χ1n) is 5.88. The zero-order valence-electron chi connectivity index (χ0n) is 10.7. The van der Waals surface area contributed by atoms with Crippen LogP contribution < -0.4 is 4.74 Å². The van der Waals surface area contributed by atoms with E-state index >= 15 is 0 Å². The lowest BCUT2D eigenvalue weighted by Gasteiger charge is -2.07. The largest absolute Gasteiger partial charge is 0.481 e. The van der Waals surface area contributed by atoms with Gasteiger partial charge in [0.05, 0.1) is 17.3 Å². The van der Waals surface area contributed by atoms with Crippen LogP contribution in [-0.2, 0) is 6.42 Å². The minimum atomic E-state index is 0.421. The van der Waals surface area contributed by atoms with Gasteiger partial charge in [-0.1, -0.05) is 24.9 Å². The van der Waals surface area contributed by atoms with Gasteiger partial charge in [-0.15, -0.1) is 0 Å². The quantitative estimate of drug-likeness (QED) is 0.790. The zero-order valence-corrected chi connectivity index (χ0v) is 13.0. The molecule has 0 saturated carbocycles. The second-order valence-electron chi connectivity index (χ2n) is 3.94. The van der Waals surface area contributed by atoms with E-state index in [4.69, 9.17) is 16.3 Å². The van der Waals surface area contributed by atoms with Gasteiger partial charge < -0.3 is 4.74 Å². The third kappa shape index (κ3) is 3.22. The lowest BCUT2D eigenvalue weighted by Crippen LogP contribution is -1.99. The Balaban J connectivity index is 2.43. The van der Waals surface area contributed by atoms with Gasteiger partial charge in [0, 0.05) is 17.8 Å². The Hall–Kier alpha value is -1.20. The van der Waals surface area contributed by atoms with Gasteiger partial charge in [-0.2, -0.15) is 0 Å². The van der Waals surface area contributed by atoms with Gasteiger partial charge >= 0.3 is 0 Å². The van der Waals surface area contributed by atoms with Crippen LogP contribution in [0.2, 0.25) is 5.15 Å². The van der Waals surface area contributed by atoms with Gasteiger partial charge in [-0.3, -0.25) is 0 Å². The number of hydrogen-bond donors (Lipinski definition) is 0. The first-order valence-corrected chi connectivity index (χ1v) is 7.05. The number of hydrogen-bond acceptors (Lipinski definition) is 4. The summed E-state index contributed by atoms with van der Waals surface area (Å²) in [5.41, 5.74) is 1.72. The van der Waals surface area contributed by atoms with E-state index in [-0.39, 0.29) is 0 Å². The van der Waals surface area contributed by atoms with Crippen LogP contribution in [0.5, 0.6) is 5.88 Å². The van der Waals surface area contributed by atoms with Crippen molar-refractivity contribution in [1.82, 2.24) is 15.0 Å². The SMILES string of the molecule is CCCc1nc(-c2ccc(OC)nc2)nc(Cl)c1Br. The molecule has 0 amide bonds. The fourth-order valence-electron chi connectivity index (χ4n) is 1.63. The molecule has 0 aromatic carbocycles. The molecule has 0 aliphatic carbocycles. The Kier molecular flexibility index (Phi) is 4.71. The normalized spacial score (nSPS) is 10.5. The number of halogens is 2. The Labute approximate surface area is 125 Å².